The van der Waals surface area contributed by atoms with Crippen molar-refractivity contribution in [3.05, 3.63) is 0 Å². The Bertz CT molecular complexity index is 432. The first kappa shape index (κ1) is 12.5. The molecule has 7 heteroatoms. The van der Waals surface area contributed by atoms with Crippen molar-refractivity contribution in [2.75, 3.05) is 13.1 Å². The minimum absolute atomic E-state index is 0.0646. The van der Waals surface area contributed by atoms with Gasteiger partial charge < -0.3 is 10.0 Å². The van der Waals surface area contributed by atoms with Gasteiger partial charge in [-0.25, -0.2) is 5.43 Å². The predicted octanol–water partition coefficient (Wildman–Crippen LogP) is -0.568. The molecule has 1 fully saturated rings. The lowest BCUT2D eigenvalue weighted by Crippen LogP contribution is -2.39. The molecule has 2 atom stereocenters. The van der Waals surface area contributed by atoms with E-state index in [0.717, 1.165) is 0 Å². The Labute approximate surface area is 104 Å². The van der Waals surface area contributed by atoms with E-state index in [1.54, 1.807) is 0 Å². The molecule has 0 bridgehead atoms. The highest BCUT2D eigenvalue weighted by atomic mass is 16.4. The Morgan fingerprint density at radius 1 is 1.39 bits per heavy atom. The van der Waals surface area contributed by atoms with Crippen molar-refractivity contribution in [3.63, 3.8) is 0 Å². The number of hydrogen-bond donors (Lipinski definition) is 2. The summed E-state index contributed by atoms with van der Waals surface area (Å²) in [5, 5.41) is 12.7. The standard InChI is InChI=1S/C11H15N3O4/c1-6-4-14(5-7(6)11(17)18)10(16)8-2-3-9(15)13-12-8/h6-7H,2-5H2,1H3,(H,13,15)(H,17,18)/t6-,7-/m1/s1. The first-order valence-electron chi connectivity index (χ1n) is 5.86. The van der Waals surface area contributed by atoms with Crippen molar-refractivity contribution in [1.82, 2.24) is 10.3 Å². The van der Waals surface area contributed by atoms with E-state index in [1.807, 2.05) is 6.92 Å². The largest absolute Gasteiger partial charge is 0.481 e. The van der Waals surface area contributed by atoms with E-state index in [2.05, 4.69) is 10.5 Å². The lowest BCUT2D eigenvalue weighted by Gasteiger charge is -2.19. The zero-order chi connectivity index (χ0) is 13.3. The van der Waals surface area contributed by atoms with Crippen LogP contribution in [-0.2, 0) is 14.4 Å². The Balaban J connectivity index is 2.03. The van der Waals surface area contributed by atoms with Crippen LogP contribution in [0.5, 0.6) is 0 Å². The molecule has 1 saturated heterocycles. The van der Waals surface area contributed by atoms with Crippen molar-refractivity contribution in [1.29, 1.82) is 0 Å². The van der Waals surface area contributed by atoms with Gasteiger partial charge in [0.05, 0.1) is 5.92 Å². The van der Waals surface area contributed by atoms with Gasteiger partial charge in [0, 0.05) is 25.9 Å². The maximum Gasteiger partial charge on any atom is 0.308 e. The van der Waals surface area contributed by atoms with Gasteiger partial charge in [0.15, 0.2) is 0 Å². The predicted molar refractivity (Wildman–Crippen MR) is 61.7 cm³/mol. The molecule has 2 rings (SSSR count). The van der Waals surface area contributed by atoms with Crippen LogP contribution >= 0.6 is 0 Å². The number of nitrogens with one attached hydrogen (secondary N) is 1. The highest BCUT2D eigenvalue weighted by Gasteiger charge is 2.38. The molecule has 98 valence electrons. The van der Waals surface area contributed by atoms with Crippen LogP contribution < -0.4 is 5.43 Å². The summed E-state index contributed by atoms with van der Waals surface area (Å²) in [6.45, 7) is 2.45. The highest BCUT2D eigenvalue weighted by molar-refractivity contribution is 6.39. The maximum atomic E-state index is 12.1. The second-order valence-electron chi connectivity index (χ2n) is 4.73. The number of amides is 2. The zero-order valence-electron chi connectivity index (χ0n) is 10.0. The van der Waals surface area contributed by atoms with E-state index >= 15 is 0 Å². The fourth-order valence-corrected chi connectivity index (χ4v) is 2.26. The quantitative estimate of drug-likeness (QED) is 0.688. The Kier molecular flexibility index (Phi) is 3.31. The number of likely N-dealkylation sites (tertiary alicyclic amines) is 1. The van der Waals surface area contributed by atoms with Gasteiger partial charge in [-0.05, 0) is 5.92 Å². The third-order valence-electron chi connectivity index (χ3n) is 3.37. The minimum atomic E-state index is -0.878. The molecule has 2 amide bonds. The first-order valence-corrected chi connectivity index (χ1v) is 5.86. The summed E-state index contributed by atoms with van der Waals surface area (Å²) >= 11 is 0. The SMILES string of the molecule is C[C@@H]1CN(C(=O)C2=NNC(=O)CC2)C[C@H]1C(=O)O. The van der Waals surface area contributed by atoms with Crippen molar-refractivity contribution >= 4 is 23.5 Å². The summed E-state index contributed by atoms with van der Waals surface area (Å²) in [7, 11) is 0. The highest BCUT2D eigenvalue weighted by Crippen LogP contribution is 2.23. The van der Waals surface area contributed by atoms with Crippen molar-refractivity contribution in [3.8, 4) is 0 Å². The van der Waals surface area contributed by atoms with Crippen LogP contribution in [0.2, 0.25) is 0 Å². The number of aliphatic carboxylic acids is 1. The molecule has 2 N–H and O–H groups in total. The summed E-state index contributed by atoms with van der Waals surface area (Å²) in [6, 6.07) is 0. The molecule has 0 radical (unpaired) electrons. The third kappa shape index (κ3) is 2.34. The van der Waals surface area contributed by atoms with E-state index in [4.69, 9.17) is 5.11 Å². The molecule has 0 saturated carbocycles. The summed E-state index contributed by atoms with van der Waals surface area (Å²) in [4.78, 5) is 35.5. The Morgan fingerprint density at radius 2 is 2.11 bits per heavy atom. The summed E-state index contributed by atoms with van der Waals surface area (Å²) in [5.74, 6) is -1.94. The second-order valence-corrected chi connectivity index (χ2v) is 4.73. The number of hydrogen-bond acceptors (Lipinski definition) is 4. The van der Waals surface area contributed by atoms with Gasteiger partial charge in [0.1, 0.15) is 5.71 Å². The monoisotopic (exact) mass is 253 g/mol. The molecule has 0 aromatic rings. The fraction of sp³-hybridized carbons (Fsp3) is 0.636. The average molecular weight is 253 g/mol. The van der Waals surface area contributed by atoms with Crippen LogP contribution in [0.3, 0.4) is 0 Å². The van der Waals surface area contributed by atoms with Gasteiger partial charge in [0.2, 0.25) is 5.91 Å². The molecule has 2 heterocycles. The van der Waals surface area contributed by atoms with E-state index in [1.165, 1.54) is 4.90 Å². The molecular weight excluding hydrogens is 238 g/mol. The Morgan fingerprint density at radius 3 is 2.61 bits per heavy atom. The van der Waals surface area contributed by atoms with Crippen LogP contribution in [0.4, 0.5) is 0 Å². The molecular formula is C11H15N3O4. The van der Waals surface area contributed by atoms with Crippen molar-refractivity contribution in [2.45, 2.75) is 19.8 Å². The Hall–Kier alpha value is -1.92. The van der Waals surface area contributed by atoms with Crippen molar-refractivity contribution in [2.24, 2.45) is 16.9 Å². The second kappa shape index (κ2) is 4.75. The van der Waals surface area contributed by atoms with E-state index in [9.17, 15) is 14.4 Å². The number of hydrazone groups is 1. The van der Waals surface area contributed by atoms with Gasteiger partial charge in [0.25, 0.3) is 5.91 Å². The van der Waals surface area contributed by atoms with Crippen LogP contribution in [0, 0.1) is 11.8 Å². The number of carboxylic acids is 1. The lowest BCUT2D eigenvalue weighted by molar-refractivity contribution is -0.142. The lowest BCUT2D eigenvalue weighted by atomic mass is 9.99. The molecule has 2 aliphatic heterocycles. The molecule has 0 aliphatic carbocycles. The molecule has 0 aromatic heterocycles. The van der Waals surface area contributed by atoms with Gasteiger partial charge in [-0.3, -0.25) is 14.4 Å². The number of carbonyl (C=O) groups excluding carboxylic acids is 2. The topological polar surface area (TPSA) is 99.1 Å². The van der Waals surface area contributed by atoms with Crippen LogP contribution in [-0.4, -0.2) is 46.6 Å². The van der Waals surface area contributed by atoms with E-state index in [0.29, 0.717) is 18.7 Å². The smallest absolute Gasteiger partial charge is 0.308 e. The van der Waals surface area contributed by atoms with Gasteiger partial charge in [-0.1, -0.05) is 6.92 Å². The van der Waals surface area contributed by atoms with Gasteiger partial charge in [-0.15, -0.1) is 0 Å². The van der Waals surface area contributed by atoms with Crippen LogP contribution in [0.25, 0.3) is 0 Å². The number of carbonyl (C=O) groups is 3. The van der Waals surface area contributed by atoms with E-state index < -0.39 is 11.9 Å². The number of carboxylic acid groups (broad SMARTS) is 1. The average Bonchev–Trinajstić information content (AvgIpc) is 2.71. The molecule has 0 unspecified atom stereocenters. The third-order valence-corrected chi connectivity index (χ3v) is 3.37. The molecule has 0 spiro atoms. The first-order chi connectivity index (χ1) is 8.49. The minimum Gasteiger partial charge on any atom is -0.481 e. The molecule has 7 nitrogen and oxygen atoms in total. The maximum absolute atomic E-state index is 12.1. The summed E-state index contributed by atoms with van der Waals surface area (Å²) < 4.78 is 0. The summed E-state index contributed by atoms with van der Waals surface area (Å²) in [5.41, 5.74) is 2.57. The zero-order valence-corrected chi connectivity index (χ0v) is 10.0. The number of nitrogens with zero attached hydrogens (tertiary/aromatic N) is 2. The molecule has 0 aromatic carbocycles. The molecule has 18 heavy (non-hydrogen) atoms. The van der Waals surface area contributed by atoms with Gasteiger partial charge in [-0.2, -0.15) is 5.10 Å². The van der Waals surface area contributed by atoms with Crippen LogP contribution in [0.1, 0.15) is 19.8 Å². The van der Waals surface area contributed by atoms with Crippen molar-refractivity contribution < 1.29 is 19.5 Å². The van der Waals surface area contributed by atoms with Gasteiger partial charge >= 0.3 is 5.97 Å². The normalized spacial score (nSPS) is 27.7. The fourth-order valence-electron chi connectivity index (χ4n) is 2.26. The van der Waals surface area contributed by atoms with E-state index in [-0.39, 0.29) is 30.7 Å². The van der Waals surface area contributed by atoms with Crippen LogP contribution in [0.15, 0.2) is 5.10 Å². The molecule has 2 aliphatic rings. The number of rotatable bonds is 2. The summed E-state index contributed by atoms with van der Waals surface area (Å²) in [6.07, 6.45) is 0.559.